The van der Waals surface area contributed by atoms with Gasteiger partial charge in [-0.15, -0.1) is 12.4 Å². The molecule has 1 aliphatic heterocycles. The maximum absolute atomic E-state index is 12.2. The lowest BCUT2D eigenvalue weighted by Gasteiger charge is -2.25. The summed E-state index contributed by atoms with van der Waals surface area (Å²) in [5, 5.41) is 0. The second-order valence-corrected chi connectivity index (χ2v) is 7.10. The fourth-order valence-electron chi connectivity index (χ4n) is 2.87. The van der Waals surface area contributed by atoms with Crippen molar-refractivity contribution in [2.75, 3.05) is 39.5 Å². The molecule has 1 aromatic rings. The smallest absolute Gasteiger partial charge is 0.349 e. The number of hydrogen-bond donors (Lipinski definition) is 0. The Hall–Kier alpha value is -1.63. The van der Waals surface area contributed by atoms with Gasteiger partial charge >= 0.3 is 11.9 Å². The Morgan fingerprint density at radius 2 is 1.59 bits per heavy atom. The Morgan fingerprint density at radius 3 is 2.11 bits per heavy atom. The van der Waals surface area contributed by atoms with Crippen molar-refractivity contribution in [3.63, 3.8) is 0 Å². The number of halogens is 1. The molecule has 27 heavy (non-hydrogen) atoms. The van der Waals surface area contributed by atoms with Crippen LogP contribution in [0.4, 0.5) is 0 Å². The number of carbonyl (C=O) groups is 2. The molecule has 0 bridgehead atoms. The summed E-state index contributed by atoms with van der Waals surface area (Å²) in [6.07, 6.45) is 0. The van der Waals surface area contributed by atoms with Gasteiger partial charge in [-0.05, 0) is 23.0 Å². The molecule has 1 fully saturated rings. The fraction of sp³-hybridized carbons (Fsp3) is 0.600. The van der Waals surface area contributed by atoms with E-state index in [-0.39, 0.29) is 37.4 Å². The van der Waals surface area contributed by atoms with E-state index < -0.39 is 11.9 Å². The number of hydrogen-bond acceptors (Lipinski definition) is 6. The van der Waals surface area contributed by atoms with Gasteiger partial charge in [0.1, 0.15) is 5.75 Å². The number of morpholine rings is 1. The van der Waals surface area contributed by atoms with Crippen LogP contribution < -0.4 is 4.74 Å². The minimum absolute atomic E-state index is 0. The van der Waals surface area contributed by atoms with Crippen LogP contribution in [-0.2, 0) is 19.1 Å². The lowest BCUT2D eigenvalue weighted by molar-refractivity contribution is -0.155. The third kappa shape index (κ3) is 7.13. The molecule has 2 rings (SSSR count). The monoisotopic (exact) mass is 399 g/mol. The summed E-state index contributed by atoms with van der Waals surface area (Å²) >= 11 is 0. The molecule has 1 aliphatic rings. The maximum Gasteiger partial charge on any atom is 0.349 e. The first kappa shape index (κ1) is 23.4. The zero-order chi connectivity index (χ0) is 19.1. The standard InChI is InChI=1S/C20H29NO5.ClH/c1-14(2)16-6-5-7-17(15(3)4)20(16)26-19(23)13-25-18(22)12-21-8-10-24-11-9-21;/h5-7,14-15H,8-13H2,1-4H3;1H. The van der Waals surface area contributed by atoms with E-state index >= 15 is 0 Å². The number of nitrogens with zero attached hydrogens (tertiary/aromatic N) is 1. The Bertz CT molecular complexity index is 601. The highest BCUT2D eigenvalue weighted by Gasteiger charge is 2.20. The quantitative estimate of drug-likeness (QED) is 0.518. The first-order valence-electron chi connectivity index (χ1n) is 9.17. The number of esters is 2. The van der Waals surface area contributed by atoms with Crippen LogP contribution in [-0.4, -0.2) is 56.3 Å². The van der Waals surface area contributed by atoms with Crippen molar-refractivity contribution in [1.82, 2.24) is 4.90 Å². The van der Waals surface area contributed by atoms with Crippen LogP contribution in [0, 0.1) is 0 Å². The predicted molar refractivity (Wildman–Crippen MR) is 106 cm³/mol. The summed E-state index contributed by atoms with van der Waals surface area (Å²) in [5.41, 5.74) is 1.95. The molecule has 152 valence electrons. The highest BCUT2D eigenvalue weighted by Crippen LogP contribution is 2.34. The Balaban J connectivity index is 0.00000364. The highest BCUT2D eigenvalue weighted by atomic mass is 35.5. The van der Waals surface area contributed by atoms with Gasteiger partial charge in [-0.1, -0.05) is 45.9 Å². The number of rotatable bonds is 7. The Kier molecular flexibility index (Phi) is 9.77. The van der Waals surface area contributed by atoms with E-state index in [1.165, 1.54) is 0 Å². The van der Waals surface area contributed by atoms with Gasteiger partial charge in [0.05, 0.1) is 19.8 Å². The van der Waals surface area contributed by atoms with Crippen molar-refractivity contribution in [1.29, 1.82) is 0 Å². The van der Waals surface area contributed by atoms with Crippen molar-refractivity contribution in [3.05, 3.63) is 29.3 Å². The molecule has 0 N–H and O–H groups in total. The lowest BCUT2D eigenvalue weighted by Crippen LogP contribution is -2.40. The van der Waals surface area contributed by atoms with Crippen molar-refractivity contribution in [2.45, 2.75) is 39.5 Å². The molecule has 0 spiro atoms. The van der Waals surface area contributed by atoms with Gasteiger partial charge in [0.2, 0.25) is 0 Å². The van der Waals surface area contributed by atoms with Crippen molar-refractivity contribution in [3.8, 4) is 5.75 Å². The first-order chi connectivity index (χ1) is 12.4. The largest absolute Gasteiger partial charge is 0.453 e. The molecule has 1 aromatic carbocycles. The van der Waals surface area contributed by atoms with Crippen molar-refractivity contribution < 1.29 is 23.8 Å². The molecule has 0 atom stereocenters. The number of carbonyl (C=O) groups excluding carboxylic acids is 2. The first-order valence-corrected chi connectivity index (χ1v) is 9.17. The Morgan fingerprint density at radius 1 is 1.04 bits per heavy atom. The van der Waals surface area contributed by atoms with Crippen LogP contribution in [0.3, 0.4) is 0 Å². The molecule has 0 aliphatic carbocycles. The van der Waals surface area contributed by atoms with Crippen molar-refractivity contribution >= 4 is 24.3 Å². The van der Waals surface area contributed by atoms with Crippen LogP contribution >= 0.6 is 12.4 Å². The van der Waals surface area contributed by atoms with Gasteiger partial charge in [0.25, 0.3) is 0 Å². The fourth-order valence-corrected chi connectivity index (χ4v) is 2.87. The molecule has 0 saturated carbocycles. The molecule has 6 nitrogen and oxygen atoms in total. The van der Waals surface area contributed by atoms with Crippen LogP contribution in [0.5, 0.6) is 5.75 Å². The van der Waals surface area contributed by atoms with E-state index in [0.717, 1.165) is 11.1 Å². The van der Waals surface area contributed by atoms with E-state index in [1.54, 1.807) is 0 Å². The number of para-hydroxylation sites is 1. The minimum atomic E-state index is -0.560. The molecule has 0 amide bonds. The van der Waals surface area contributed by atoms with Crippen molar-refractivity contribution in [2.24, 2.45) is 0 Å². The third-order valence-corrected chi connectivity index (χ3v) is 4.34. The number of ether oxygens (including phenoxy) is 3. The van der Waals surface area contributed by atoms with Crippen LogP contribution in [0.15, 0.2) is 18.2 Å². The SMILES string of the molecule is CC(C)c1cccc(C(C)C)c1OC(=O)COC(=O)CN1CCOCC1.Cl. The lowest BCUT2D eigenvalue weighted by atomic mass is 9.94. The van der Waals surface area contributed by atoms with Gasteiger partial charge < -0.3 is 14.2 Å². The average molecular weight is 400 g/mol. The topological polar surface area (TPSA) is 65.1 Å². The third-order valence-electron chi connectivity index (χ3n) is 4.34. The van der Waals surface area contributed by atoms with E-state index in [0.29, 0.717) is 32.1 Å². The van der Waals surface area contributed by atoms with E-state index in [1.807, 2.05) is 23.1 Å². The van der Waals surface area contributed by atoms with Gasteiger partial charge in [0, 0.05) is 13.1 Å². The average Bonchev–Trinajstić information content (AvgIpc) is 2.60. The van der Waals surface area contributed by atoms with E-state index in [2.05, 4.69) is 27.7 Å². The van der Waals surface area contributed by atoms with Crippen LogP contribution in [0.25, 0.3) is 0 Å². The summed E-state index contributed by atoms with van der Waals surface area (Å²) in [5.74, 6) is 0.0490. The molecular weight excluding hydrogens is 370 g/mol. The second-order valence-electron chi connectivity index (χ2n) is 7.10. The summed E-state index contributed by atoms with van der Waals surface area (Å²) in [6, 6.07) is 5.90. The summed E-state index contributed by atoms with van der Waals surface area (Å²) in [6.45, 7) is 10.6. The molecule has 1 heterocycles. The summed E-state index contributed by atoms with van der Waals surface area (Å²) in [7, 11) is 0. The molecule has 0 radical (unpaired) electrons. The summed E-state index contributed by atoms with van der Waals surface area (Å²) < 4.78 is 15.9. The van der Waals surface area contributed by atoms with Gasteiger partial charge in [-0.25, -0.2) is 4.79 Å². The molecule has 0 aromatic heterocycles. The maximum atomic E-state index is 12.2. The molecular formula is C20H30ClNO5. The van der Waals surface area contributed by atoms with Crippen LogP contribution in [0.2, 0.25) is 0 Å². The van der Waals surface area contributed by atoms with Gasteiger partial charge in [-0.3, -0.25) is 9.69 Å². The van der Waals surface area contributed by atoms with Crippen LogP contribution in [0.1, 0.15) is 50.7 Å². The second kappa shape index (κ2) is 11.3. The predicted octanol–water partition coefficient (Wildman–Crippen LogP) is 3.14. The Labute approximate surface area is 167 Å². The van der Waals surface area contributed by atoms with E-state index in [9.17, 15) is 9.59 Å². The minimum Gasteiger partial charge on any atom is -0.453 e. The van der Waals surface area contributed by atoms with Gasteiger partial charge in [0.15, 0.2) is 6.61 Å². The zero-order valence-electron chi connectivity index (χ0n) is 16.5. The van der Waals surface area contributed by atoms with Gasteiger partial charge in [-0.2, -0.15) is 0 Å². The normalized spacial score (nSPS) is 14.7. The highest BCUT2D eigenvalue weighted by molar-refractivity contribution is 5.85. The number of benzene rings is 1. The zero-order valence-corrected chi connectivity index (χ0v) is 17.3. The molecule has 0 unspecified atom stereocenters. The molecule has 7 heteroatoms. The molecule has 1 saturated heterocycles. The summed E-state index contributed by atoms with van der Waals surface area (Å²) in [4.78, 5) is 26.1. The van der Waals surface area contributed by atoms with E-state index in [4.69, 9.17) is 14.2 Å².